The second-order valence-corrected chi connectivity index (χ2v) is 4.43. The van der Waals surface area contributed by atoms with Gasteiger partial charge in [0.15, 0.2) is 5.78 Å². The van der Waals surface area contributed by atoms with Crippen molar-refractivity contribution in [3.05, 3.63) is 21.9 Å². The molecule has 1 aromatic heterocycles. The fourth-order valence-corrected chi connectivity index (χ4v) is 2.23. The molecule has 0 saturated heterocycles. The highest BCUT2D eigenvalue weighted by Gasteiger charge is 2.13. The number of carbonyl (C=O) groups excluding carboxylic acids is 2. The molecule has 1 amide bonds. The molecule has 0 saturated carbocycles. The molecule has 0 fully saturated rings. The molecule has 76 valence electrons. The first kappa shape index (κ1) is 11.4. The Hall–Kier alpha value is -0.680. The summed E-state index contributed by atoms with van der Waals surface area (Å²) in [6.45, 7) is 0. The van der Waals surface area contributed by atoms with Gasteiger partial charge in [-0.1, -0.05) is 15.9 Å². The van der Waals surface area contributed by atoms with Crippen molar-refractivity contribution >= 4 is 39.0 Å². The zero-order valence-corrected chi connectivity index (χ0v) is 10.3. The van der Waals surface area contributed by atoms with Crippen LogP contribution in [0.4, 0.5) is 0 Å². The van der Waals surface area contributed by atoms with Gasteiger partial charge in [0.2, 0.25) is 0 Å². The number of Topliss-reactive ketones (excluding diaryl/α,β-unsaturated/α-hetero) is 1. The van der Waals surface area contributed by atoms with Gasteiger partial charge >= 0.3 is 0 Å². The van der Waals surface area contributed by atoms with E-state index in [0.29, 0.717) is 15.8 Å². The van der Waals surface area contributed by atoms with Crippen LogP contribution >= 0.6 is 27.3 Å². The molecule has 0 N–H and O–H groups in total. The zero-order valence-electron chi connectivity index (χ0n) is 7.91. The predicted octanol–water partition coefficient (Wildman–Crippen LogP) is 2.03. The van der Waals surface area contributed by atoms with E-state index in [1.807, 2.05) is 0 Å². The third-order valence-corrected chi connectivity index (χ3v) is 3.13. The Labute approximate surface area is 94.8 Å². The Balaban J connectivity index is 2.88. The Morgan fingerprint density at radius 2 is 2.14 bits per heavy atom. The van der Waals surface area contributed by atoms with Gasteiger partial charge in [0, 0.05) is 19.5 Å². The molecular formula is C9H10BrNO2S. The first-order valence-electron chi connectivity index (χ1n) is 3.95. The van der Waals surface area contributed by atoms with Crippen LogP contribution in [0.3, 0.4) is 0 Å². The standard InChI is InChI=1S/C9H10BrNO2S/c1-11(2)9(13)6-3-8(14-5-6)7(12)4-10/h3,5H,4H2,1-2H3. The van der Waals surface area contributed by atoms with Gasteiger partial charge in [0.1, 0.15) is 0 Å². The predicted molar refractivity (Wildman–Crippen MR) is 60.5 cm³/mol. The molecule has 0 aliphatic rings. The summed E-state index contributed by atoms with van der Waals surface area (Å²) in [6, 6.07) is 1.64. The van der Waals surface area contributed by atoms with Crippen LogP contribution < -0.4 is 0 Å². The van der Waals surface area contributed by atoms with Gasteiger partial charge in [-0.3, -0.25) is 9.59 Å². The van der Waals surface area contributed by atoms with Gasteiger partial charge in [0.05, 0.1) is 15.8 Å². The van der Waals surface area contributed by atoms with Crippen molar-refractivity contribution in [2.45, 2.75) is 0 Å². The molecule has 1 aromatic rings. The smallest absolute Gasteiger partial charge is 0.254 e. The third kappa shape index (κ3) is 2.42. The molecule has 0 radical (unpaired) electrons. The van der Waals surface area contributed by atoms with E-state index in [-0.39, 0.29) is 11.7 Å². The van der Waals surface area contributed by atoms with E-state index >= 15 is 0 Å². The fourth-order valence-electron chi connectivity index (χ4n) is 0.919. The average molecular weight is 276 g/mol. The SMILES string of the molecule is CN(C)C(=O)c1csc(C(=O)CBr)c1. The largest absolute Gasteiger partial charge is 0.345 e. The number of hydrogen-bond donors (Lipinski definition) is 0. The van der Waals surface area contributed by atoms with E-state index in [4.69, 9.17) is 0 Å². The lowest BCUT2D eigenvalue weighted by Gasteiger charge is -2.07. The zero-order chi connectivity index (χ0) is 10.7. The normalized spacial score (nSPS) is 9.93. The lowest BCUT2D eigenvalue weighted by atomic mass is 10.2. The molecule has 0 atom stereocenters. The number of nitrogens with zero attached hydrogens (tertiary/aromatic N) is 1. The maximum atomic E-state index is 11.5. The van der Waals surface area contributed by atoms with E-state index in [2.05, 4.69) is 15.9 Å². The van der Waals surface area contributed by atoms with Gasteiger partial charge in [0.25, 0.3) is 5.91 Å². The van der Waals surface area contributed by atoms with Crippen molar-refractivity contribution in [1.29, 1.82) is 0 Å². The second kappa shape index (κ2) is 4.70. The molecule has 0 bridgehead atoms. The second-order valence-electron chi connectivity index (χ2n) is 2.96. The van der Waals surface area contributed by atoms with Gasteiger partial charge < -0.3 is 4.90 Å². The summed E-state index contributed by atoms with van der Waals surface area (Å²) in [5, 5.41) is 2.00. The number of halogens is 1. The van der Waals surface area contributed by atoms with Crippen molar-refractivity contribution in [1.82, 2.24) is 4.90 Å². The van der Waals surface area contributed by atoms with E-state index in [9.17, 15) is 9.59 Å². The van der Waals surface area contributed by atoms with Gasteiger partial charge in [-0.05, 0) is 6.07 Å². The molecule has 0 spiro atoms. The lowest BCUT2D eigenvalue weighted by molar-refractivity contribution is 0.0828. The van der Waals surface area contributed by atoms with Crippen LogP contribution in [0.15, 0.2) is 11.4 Å². The van der Waals surface area contributed by atoms with Crippen LogP contribution in [-0.2, 0) is 0 Å². The molecule has 1 rings (SSSR count). The number of rotatable bonds is 3. The molecule has 0 unspecified atom stereocenters. The quantitative estimate of drug-likeness (QED) is 0.625. The van der Waals surface area contributed by atoms with Crippen LogP contribution in [0, 0.1) is 0 Å². The average Bonchev–Trinajstić information content (AvgIpc) is 2.64. The van der Waals surface area contributed by atoms with E-state index in [1.165, 1.54) is 16.2 Å². The highest BCUT2D eigenvalue weighted by Crippen LogP contribution is 2.17. The monoisotopic (exact) mass is 275 g/mol. The lowest BCUT2D eigenvalue weighted by Crippen LogP contribution is -2.20. The summed E-state index contributed by atoms with van der Waals surface area (Å²) in [4.78, 5) is 24.8. The highest BCUT2D eigenvalue weighted by molar-refractivity contribution is 9.09. The van der Waals surface area contributed by atoms with Crippen LogP contribution in [0.5, 0.6) is 0 Å². The van der Waals surface area contributed by atoms with Gasteiger partial charge in [-0.25, -0.2) is 0 Å². The molecule has 0 aliphatic heterocycles. The minimum Gasteiger partial charge on any atom is -0.345 e. The molecule has 3 nitrogen and oxygen atoms in total. The molecule has 0 aliphatic carbocycles. The molecule has 5 heteroatoms. The maximum absolute atomic E-state index is 11.5. The Morgan fingerprint density at radius 3 is 2.64 bits per heavy atom. The first-order valence-corrected chi connectivity index (χ1v) is 5.95. The molecule has 1 heterocycles. The number of carbonyl (C=O) groups is 2. The van der Waals surface area contributed by atoms with Gasteiger partial charge in [-0.2, -0.15) is 0 Å². The molecule has 14 heavy (non-hydrogen) atoms. The number of thiophene rings is 1. The number of ketones is 1. The topological polar surface area (TPSA) is 37.4 Å². The van der Waals surface area contributed by atoms with E-state index in [0.717, 1.165) is 0 Å². The van der Waals surface area contributed by atoms with Crippen molar-refractivity contribution in [2.75, 3.05) is 19.4 Å². The summed E-state index contributed by atoms with van der Waals surface area (Å²) in [7, 11) is 3.37. The summed E-state index contributed by atoms with van der Waals surface area (Å²) in [5.74, 6) is -0.0670. The summed E-state index contributed by atoms with van der Waals surface area (Å²) < 4.78 is 0. The molecule has 0 aromatic carbocycles. The molecular weight excluding hydrogens is 266 g/mol. The Morgan fingerprint density at radius 1 is 1.50 bits per heavy atom. The summed E-state index contributed by atoms with van der Waals surface area (Å²) >= 11 is 4.39. The van der Waals surface area contributed by atoms with Crippen LogP contribution in [0.2, 0.25) is 0 Å². The van der Waals surface area contributed by atoms with Crippen molar-refractivity contribution in [3.63, 3.8) is 0 Å². The Bertz CT molecular complexity index is 359. The highest BCUT2D eigenvalue weighted by atomic mass is 79.9. The van der Waals surface area contributed by atoms with E-state index < -0.39 is 0 Å². The van der Waals surface area contributed by atoms with Crippen LogP contribution in [0.1, 0.15) is 20.0 Å². The minimum absolute atomic E-state index is 0.00723. The maximum Gasteiger partial charge on any atom is 0.254 e. The van der Waals surface area contributed by atoms with Crippen molar-refractivity contribution in [3.8, 4) is 0 Å². The van der Waals surface area contributed by atoms with E-state index in [1.54, 1.807) is 25.5 Å². The van der Waals surface area contributed by atoms with Crippen molar-refractivity contribution in [2.24, 2.45) is 0 Å². The number of hydrogen-bond acceptors (Lipinski definition) is 3. The summed E-state index contributed by atoms with van der Waals surface area (Å²) in [5.41, 5.74) is 0.573. The summed E-state index contributed by atoms with van der Waals surface area (Å²) in [6.07, 6.45) is 0. The van der Waals surface area contributed by atoms with Crippen LogP contribution in [-0.4, -0.2) is 36.0 Å². The van der Waals surface area contributed by atoms with Gasteiger partial charge in [-0.15, -0.1) is 11.3 Å². The fraction of sp³-hybridized carbons (Fsp3) is 0.333. The minimum atomic E-state index is -0.0742. The van der Waals surface area contributed by atoms with Crippen LogP contribution in [0.25, 0.3) is 0 Å². The van der Waals surface area contributed by atoms with Crippen molar-refractivity contribution < 1.29 is 9.59 Å². The first-order chi connectivity index (χ1) is 6.56. The Kier molecular flexibility index (Phi) is 3.83. The third-order valence-electron chi connectivity index (χ3n) is 1.65. The number of alkyl halides is 1. The number of amides is 1.